The smallest absolute Gasteiger partial charge is 0.303 e. The standard InChI is InChI=1S/C17H24N2O4/c1-12(20)18-14(13-7-5-4-6-8-13)11-15(21)19-17(2,3)10-9-16(22)23/h4-8,14H,9-11H2,1-3H3,(H,18,20)(H,19,21)(H,22,23). The van der Waals surface area contributed by atoms with Crippen molar-refractivity contribution in [3.8, 4) is 0 Å². The highest BCUT2D eigenvalue weighted by Crippen LogP contribution is 2.18. The minimum atomic E-state index is -0.896. The number of amides is 2. The van der Waals surface area contributed by atoms with E-state index >= 15 is 0 Å². The molecular weight excluding hydrogens is 296 g/mol. The average molecular weight is 320 g/mol. The maximum atomic E-state index is 12.3. The van der Waals surface area contributed by atoms with E-state index in [9.17, 15) is 14.4 Å². The fourth-order valence-electron chi connectivity index (χ4n) is 2.28. The molecule has 0 aliphatic rings. The Hall–Kier alpha value is -2.37. The van der Waals surface area contributed by atoms with Gasteiger partial charge in [0.05, 0.1) is 12.5 Å². The van der Waals surface area contributed by atoms with Crippen molar-refractivity contribution in [2.75, 3.05) is 0 Å². The Balaban J connectivity index is 2.70. The number of aliphatic carboxylic acids is 1. The van der Waals surface area contributed by atoms with Crippen LogP contribution in [0.3, 0.4) is 0 Å². The third-order valence-electron chi connectivity index (χ3n) is 3.41. The maximum Gasteiger partial charge on any atom is 0.303 e. The Kier molecular flexibility index (Phi) is 6.75. The van der Waals surface area contributed by atoms with Gasteiger partial charge in [0.2, 0.25) is 11.8 Å². The zero-order valence-electron chi connectivity index (χ0n) is 13.8. The Bertz CT molecular complexity index is 555. The van der Waals surface area contributed by atoms with Crippen LogP contribution in [0.2, 0.25) is 0 Å². The van der Waals surface area contributed by atoms with Crippen molar-refractivity contribution < 1.29 is 19.5 Å². The molecule has 0 aliphatic heterocycles. The van der Waals surface area contributed by atoms with Crippen LogP contribution in [0, 0.1) is 0 Å². The first-order chi connectivity index (χ1) is 10.7. The Morgan fingerprint density at radius 3 is 2.30 bits per heavy atom. The third kappa shape index (κ3) is 7.44. The molecule has 2 amide bonds. The summed E-state index contributed by atoms with van der Waals surface area (Å²) >= 11 is 0. The van der Waals surface area contributed by atoms with Crippen LogP contribution in [-0.2, 0) is 14.4 Å². The normalized spacial score (nSPS) is 12.3. The maximum absolute atomic E-state index is 12.3. The zero-order chi connectivity index (χ0) is 17.5. The molecular formula is C17H24N2O4. The molecule has 0 bridgehead atoms. The fourth-order valence-corrected chi connectivity index (χ4v) is 2.28. The molecule has 0 radical (unpaired) electrons. The number of rotatable bonds is 8. The Morgan fingerprint density at radius 1 is 1.17 bits per heavy atom. The highest BCUT2D eigenvalue weighted by Gasteiger charge is 2.24. The van der Waals surface area contributed by atoms with Crippen molar-refractivity contribution in [3.05, 3.63) is 35.9 Å². The van der Waals surface area contributed by atoms with Gasteiger partial charge in [-0.1, -0.05) is 30.3 Å². The Morgan fingerprint density at radius 2 is 1.78 bits per heavy atom. The summed E-state index contributed by atoms with van der Waals surface area (Å²) in [6, 6.07) is 8.84. The molecule has 1 atom stereocenters. The number of carboxylic acid groups (broad SMARTS) is 1. The lowest BCUT2D eigenvalue weighted by molar-refractivity contribution is -0.138. The van der Waals surface area contributed by atoms with Crippen molar-refractivity contribution in [2.24, 2.45) is 0 Å². The van der Waals surface area contributed by atoms with Gasteiger partial charge in [0.1, 0.15) is 0 Å². The van der Waals surface area contributed by atoms with Gasteiger partial charge in [0, 0.05) is 18.9 Å². The summed E-state index contributed by atoms with van der Waals surface area (Å²) in [5.74, 6) is -1.34. The SMILES string of the molecule is CC(=O)NC(CC(=O)NC(C)(C)CCC(=O)O)c1ccccc1. The molecule has 6 nitrogen and oxygen atoms in total. The number of carboxylic acids is 1. The van der Waals surface area contributed by atoms with Crippen LogP contribution in [0.5, 0.6) is 0 Å². The van der Waals surface area contributed by atoms with Gasteiger partial charge >= 0.3 is 5.97 Å². The average Bonchev–Trinajstić information content (AvgIpc) is 2.44. The monoisotopic (exact) mass is 320 g/mol. The van der Waals surface area contributed by atoms with Crippen molar-refractivity contribution in [1.82, 2.24) is 10.6 Å². The second-order valence-electron chi connectivity index (χ2n) is 6.19. The lowest BCUT2D eigenvalue weighted by Gasteiger charge is -2.27. The summed E-state index contributed by atoms with van der Waals surface area (Å²) < 4.78 is 0. The van der Waals surface area contributed by atoms with Gasteiger partial charge in [0.25, 0.3) is 0 Å². The summed E-state index contributed by atoms with van der Waals surface area (Å²) in [5.41, 5.74) is 0.230. The van der Waals surface area contributed by atoms with Crippen molar-refractivity contribution in [2.45, 2.75) is 51.6 Å². The summed E-state index contributed by atoms with van der Waals surface area (Å²) in [6.07, 6.45) is 0.422. The molecule has 0 fully saturated rings. The number of carbonyl (C=O) groups is 3. The van der Waals surface area contributed by atoms with Gasteiger partial charge in [-0.05, 0) is 25.8 Å². The molecule has 0 saturated carbocycles. The van der Waals surface area contributed by atoms with Crippen LogP contribution in [-0.4, -0.2) is 28.4 Å². The van der Waals surface area contributed by atoms with Crippen LogP contribution in [0.15, 0.2) is 30.3 Å². The first-order valence-corrected chi connectivity index (χ1v) is 7.54. The van der Waals surface area contributed by atoms with Crippen LogP contribution in [0.25, 0.3) is 0 Å². The second-order valence-corrected chi connectivity index (χ2v) is 6.19. The van der Waals surface area contributed by atoms with E-state index in [1.165, 1.54) is 6.92 Å². The quantitative estimate of drug-likeness (QED) is 0.683. The molecule has 126 valence electrons. The van der Waals surface area contributed by atoms with E-state index in [2.05, 4.69) is 10.6 Å². The number of hydrogen-bond acceptors (Lipinski definition) is 3. The van der Waals surface area contributed by atoms with Gasteiger partial charge in [-0.25, -0.2) is 0 Å². The molecule has 6 heteroatoms. The van der Waals surface area contributed by atoms with Gasteiger partial charge in [-0.15, -0.1) is 0 Å². The van der Waals surface area contributed by atoms with E-state index in [1.807, 2.05) is 30.3 Å². The molecule has 0 aromatic heterocycles. The molecule has 0 saturated heterocycles. The fraction of sp³-hybridized carbons (Fsp3) is 0.471. The summed E-state index contributed by atoms with van der Waals surface area (Å²) in [4.78, 5) is 34.3. The Labute approximate surface area is 136 Å². The molecule has 1 aromatic carbocycles. The predicted molar refractivity (Wildman–Crippen MR) is 86.7 cm³/mol. The molecule has 23 heavy (non-hydrogen) atoms. The van der Waals surface area contributed by atoms with Crippen molar-refractivity contribution in [1.29, 1.82) is 0 Å². The topological polar surface area (TPSA) is 95.5 Å². The van der Waals surface area contributed by atoms with Crippen LogP contribution >= 0.6 is 0 Å². The molecule has 0 aliphatic carbocycles. The largest absolute Gasteiger partial charge is 0.481 e. The number of benzene rings is 1. The number of carbonyl (C=O) groups excluding carboxylic acids is 2. The molecule has 1 rings (SSSR count). The molecule has 0 heterocycles. The molecule has 3 N–H and O–H groups in total. The van der Waals surface area contributed by atoms with Crippen molar-refractivity contribution >= 4 is 17.8 Å². The minimum absolute atomic E-state index is 0.0128. The lowest BCUT2D eigenvalue weighted by Crippen LogP contribution is -2.45. The van der Waals surface area contributed by atoms with Crippen LogP contribution < -0.4 is 10.6 Å². The molecule has 1 unspecified atom stereocenters. The highest BCUT2D eigenvalue weighted by molar-refractivity contribution is 5.79. The molecule has 0 spiro atoms. The van der Waals surface area contributed by atoms with Crippen molar-refractivity contribution in [3.63, 3.8) is 0 Å². The highest BCUT2D eigenvalue weighted by atomic mass is 16.4. The van der Waals surface area contributed by atoms with E-state index in [-0.39, 0.29) is 24.7 Å². The van der Waals surface area contributed by atoms with Gasteiger partial charge in [-0.2, -0.15) is 0 Å². The second kappa shape index (κ2) is 8.31. The van der Waals surface area contributed by atoms with Gasteiger partial charge < -0.3 is 15.7 Å². The van der Waals surface area contributed by atoms with E-state index in [4.69, 9.17) is 5.11 Å². The molecule has 1 aromatic rings. The first-order valence-electron chi connectivity index (χ1n) is 7.54. The van der Waals surface area contributed by atoms with Gasteiger partial charge in [-0.3, -0.25) is 14.4 Å². The predicted octanol–water partition coefficient (Wildman–Crippen LogP) is 2.01. The first kappa shape index (κ1) is 18.7. The number of hydrogen-bond donors (Lipinski definition) is 3. The number of nitrogens with one attached hydrogen (secondary N) is 2. The van der Waals surface area contributed by atoms with E-state index in [0.717, 1.165) is 5.56 Å². The van der Waals surface area contributed by atoms with Crippen LogP contribution in [0.1, 0.15) is 51.6 Å². The van der Waals surface area contributed by atoms with Crippen LogP contribution in [0.4, 0.5) is 0 Å². The van der Waals surface area contributed by atoms with E-state index < -0.39 is 17.6 Å². The summed E-state index contributed by atoms with van der Waals surface area (Å²) in [6.45, 7) is 4.97. The zero-order valence-corrected chi connectivity index (χ0v) is 13.8. The third-order valence-corrected chi connectivity index (χ3v) is 3.41. The minimum Gasteiger partial charge on any atom is -0.481 e. The lowest BCUT2D eigenvalue weighted by atomic mass is 9.97. The summed E-state index contributed by atoms with van der Waals surface area (Å²) in [5, 5.41) is 14.3. The summed E-state index contributed by atoms with van der Waals surface area (Å²) in [7, 11) is 0. The van der Waals surface area contributed by atoms with E-state index in [0.29, 0.717) is 6.42 Å². The van der Waals surface area contributed by atoms with Gasteiger partial charge in [0.15, 0.2) is 0 Å². The van der Waals surface area contributed by atoms with E-state index in [1.54, 1.807) is 13.8 Å².